The minimum Gasteiger partial charge on any atom is -0.507 e. The summed E-state index contributed by atoms with van der Waals surface area (Å²) in [6.07, 6.45) is 5.66. The third-order valence-electron chi connectivity index (χ3n) is 6.48. The van der Waals surface area contributed by atoms with E-state index in [9.17, 15) is 9.90 Å². The highest BCUT2D eigenvalue weighted by Gasteiger charge is 2.42. The Morgan fingerprint density at radius 1 is 1.26 bits per heavy atom. The number of phenols is 1. The number of phenolic OH excluding ortho intramolecular Hbond substituents is 1. The van der Waals surface area contributed by atoms with Gasteiger partial charge in [-0.15, -0.1) is 10.2 Å². The fourth-order valence-electron chi connectivity index (χ4n) is 4.70. The van der Waals surface area contributed by atoms with E-state index in [0.29, 0.717) is 34.7 Å². The predicted molar refractivity (Wildman–Crippen MR) is 114 cm³/mol. The summed E-state index contributed by atoms with van der Waals surface area (Å²) in [5, 5.41) is 22.5. The van der Waals surface area contributed by atoms with Crippen molar-refractivity contribution in [3.8, 4) is 17.1 Å². The molecular formula is C21H24FN7O2. The van der Waals surface area contributed by atoms with Crippen molar-refractivity contribution < 1.29 is 9.50 Å². The predicted octanol–water partition coefficient (Wildman–Crippen LogP) is 1.55. The molecule has 31 heavy (non-hydrogen) atoms. The van der Waals surface area contributed by atoms with Crippen LogP contribution in [0.25, 0.3) is 22.3 Å². The summed E-state index contributed by atoms with van der Waals surface area (Å²) in [6.45, 7) is 0. The second kappa shape index (κ2) is 7.52. The lowest BCUT2D eigenvalue weighted by atomic mass is 9.82. The lowest BCUT2D eigenvalue weighted by Gasteiger charge is -2.45. The van der Waals surface area contributed by atoms with Crippen LogP contribution < -0.4 is 15.8 Å². The molecule has 9 nitrogen and oxygen atoms in total. The molecule has 162 valence electrons. The smallest absolute Gasteiger partial charge is 0.261 e. The number of alkyl halides is 1. The van der Waals surface area contributed by atoms with Gasteiger partial charge in [-0.2, -0.15) is 0 Å². The van der Waals surface area contributed by atoms with Crippen LogP contribution in [0.15, 0.2) is 29.5 Å². The number of aryl methyl sites for hydroxylation is 1. The zero-order valence-electron chi connectivity index (χ0n) is 17.4. The molecule has 2 bridgehead atoms. The number of nitrogens with zero attached hydrogens (tertiary/aromatic N) is 6. The first-order chi connectivity index (χ1) is 14.9. The van der Waals surface area contributed by atoms with Crippen molar-refractivity contribution in [2.75, 3.05) is 11.9 Å². The van der Waals surface area contributed by atoms with E-state index < -0.39 is 6.17 Å². The van der Waals surface area contributed by atoms with Gasteiger partial charge in [0.1, 0.15) is 11.9 Å². The number of benzene rings is 1. The van der Waals surface area contributed by atoms with Gasteiger partial charge in [0.2, 0.25) is 0 Å². The molecule has 0 radical (unpaired) electrons. The molecule has 5 rings (SSSR count). The van der Waals surface area contributed by atoms with E-state index in [1.807, 2.05) is 11.9 Å². The molecule has 0 amide bonds. The number of hydrogen-bond acceptors (Lipinski definition) is 8. The minimum atomic E-state index is -0.985. The van der Waals surface area contributed by atoms with E-state index in [4.69, 9.17) is 0 Å². The number of anilines is 1. The van der Waals surface area contributed by atoms with Gasteiger partial charge in [0.25, 0.3) is 5.56 Å². The standard InChI is InChI=1S/C21H24FN7O2/c1-28-10-24-15-7-13(17(30)8-12(15)21(28)31)20-23-9-18(26-27-20)29(2)16-6-11-4-3-5-14(25-11)19(16)22/h7-11,14,16,19,25,30H,3-6H2,1-2H3/t11?,14?,16-,19+/m0/s1. The summed E-state index contributed by atoms with van der Waals surface area (Å²) >= 11 is 0. The highest BCUT2D eigenvalue weighted by Crippen LogP contribution is 2.33. The number of hydrogen-bond donors (Lipinski definition) is 2. The second-order valence-electron chi connectivity index (χ2n) is 8.45. The molecule has 0 aliphatic carbocycles. The van der Waals surface area contributed by atoms with Crippen molar-refractivity contribution in [1.29, 1.82) is 0 Å². The van der Waals surface area contributed by atoms with Gasteiger partial charge in [0.15, 0.2) is 11.6 Å². The molecule has 2 saturated heterocycles. The Bertz CT molecular complexity index is 1180. The van der Waals surface area contributed by atoms with Crippen LogP contribution in [0.2, 0.25) is 0 Å². The van der Waals surface area contributed by atoms with Crippen molar-refractivity contribution >= 4 is 16.7 Å². The third-order valence-corrected chi connectivity index (χ3v) is 6.48. The number of rotatable bonds is 3. The summed E-state index contributed by atoms with van der Waals surface area (Å²) in [6, 6.07) is 2.86. The molecule has 1 aromatic carbocycles. The maximum Gasteiger partial charge on any atom is 0.261 e. The van der Waals surface area contributed by atoms with Gasteiger partial charge >= 0.3 is 0 Å². The largest absolute Gasteiger partial charge is 0.507 e. The van der Waals surface area contributed by atoms with Crippen LogP contribution in [0, 0.1) is 0 Å². The first-order valence-electron chi connectivity index (χ1n) is 10.4. The Kier molecular flexibility index (Phi) is 4.81. The quantitative estimate of drug-likeness (QED) is 0.651. The molecule has 2 aliphatic rings. The van der Waals surface area contributed by atoms with Crippen LogP contribution in [0.5, 0.6) is 5.75 Å². The van der Waals surface area contributed by atoms with Crippen molar-refractivity contribution in [2.45, 2.75) is 50.0 Å². The van der Waals surface area contributed by atoms with E-state index in [1.54, 1.807) is 13.1 Å². The molecule has 4 atom stereocenters. The minimum absolute atomic E-state index is 0.116. The zero-order valence-corrected chi connectivity index (χ0v) is 17.4. The number of nitrogens with one attached hydrogen (secondary N) is 1. The first kappa shape index (κ1) is 19.8. The van der Waals surface area contributed by atoms with Crippen LogP contribution in [-0.4, -0.2) is 61.2 Å². The molecule has 3 aromatic rings. The van der Waals surface area contributed by atoms with E-state index in [1.165, 1.54) is 23.2 Å². The monoisotopic (exact) mass is 425 g/mol. The second-order valence-corrected chi connectivity index (χ2v) is 8.45. The van der Waals surface area contributed by atoms with Gasteiger partial charge in [-0.1, -0.05) is 6.42 Å². The van der Waals surface area contributed by atoms with E-state index >= 15 is 4.39 Å². The van der Waals surface area contributed by atoms with Gasteiger partial charge in [-0.25, -0.2) is 14.4 Å². The van der Waals surface area contributed by atoms with Crippen LogP contribution in [0.4, 0.5) is 10.2 Å². The zero-order chi connectivity index (χ0) is 21.7. The van der Waals surface area contributed by atoms with Crippen molar-refractivity contribution in [3.05, 3.63) is 35.0 Å². The number of halogens is 1. The summed E-state index contributed by atoms with van der Waals surface area (Å²) in [5.41, 5.74) is 0.507. The summed E-state index contributed by atoms with van der Waals surface area (Å²) in [5.74, 6) is 0.553. The Balaban J connectivity index is 1.43. The van der Waals surface area contributed by atoms with Crippen molar-refractivity contribution in [3.63, 3.8) is 0 Å². The molecule has 0 spiro atoms. The van der Waals surface area contributed by atoms with Gasteiger partial charge in [0.05, 0.1) is 35.0 Å². The molecule has 10 heteroatoms. The first-order valence-corrected chi connectivity index (χ1v) is 10.4. The van der Waals surface area contributed by atoms with E-state index in [2.05, 4.69) is 25.5 Å². The van der Waals surface area contributed by atoms with Crippen LogP contribution in [0.3, 0.4) is 0 Å². The summed E-state index contributed by atoms with van der Waals surface area (Å²) in [4.78, 5) is 22.6. The molecule has 0 saturated carbocycles. The summed E-state index contributed by atoms with van der Waals surface area (Å²) < 4.78 is 16.4. The van der Waals surface area contributed by atoms with Crippen molar-refractivity contribution in [1.82, 2.24) is 30.0 Å². The van der Waals surface area contributed by atoms with Gasteiger partial charge in [0, 0.05) is 26.2 Å². The Hall–Kier alpha value is -3.14. The normalized spacial score (nSPS) is 25.5. The molecule has 4 heterocycles. The average Bonchev–Trinajstić information content (AvgIpc) is 2.79. The molecule has 2 N–H and O–H groups in total. The maximum atomic E-state index is 15.0. The maximum absolute atomic E-state index is 15.0. The van der Waals surface area contributed by atoms with E-state index in [0.717, 1.165) is 19.3 Å². The van der Waals surface area contributed by atoms with Gasteiger partial charge < -0.3 is 19.9 Å². The number of fused-ring (bicyclic) bond motifs is 3. The molecule has 2 aromatic heterocycles. The lowest BCUT2D eigenvalue weighted by molar-refractivity contribution is 0.107. The van der Waals surface area contributed by atoms with Crippen LogP contribution in [-0.2, 0) is 7.05 Å². The fourth-order valence-corrected chi connectivity index (χ4v) is 4.70. The SMILES string of the molecule is CN(c1cnc(-c2cc3ncn(C)c(=O)c3cc2O)nn1)[C@H]1CC2CCCC(N2)[C@H]1F. The van der Waals surface area contributed by atoms with Gasteiger partial charge in [-0.05, 0) is 31.4 Å². The third kappa shape index (κ3) is 3.40. The Morgan fingerprint density at radius 2 is 2.10 bits per heavy atom. The molecule has 2 fully saturated rings. The number of aromatic hydroxyl groups is 1. The van der Waals surface area contributed by atoms with Crippen LogP contribution in [0.1, 0.15) is 25.7 Å². The Morgan fingerprint density at radius 3 is 2.87 bits per heavy atom. The molecule has 2 aliphatic heterocycles. The average molecular weight is 425 g/mol. The molecule has 2 unspecified atom stereocenters. The number of piperidine rings is 2. The summed E-state index contributed by atoms with van der Waals surface area (Å²) in [7, 11) is 3.41. The van der Waals surface area contributed by atoms with E-state index in [-0.39, 0.29) is 29.2 Å². The highest BCUT2D eigenvalue weighted by atomic mass is 19.1. The van der Waals surface area contributed by atoms with Gasteiger partial charge in [-0.3, -0.25) is 4.79 Å². The Labute approximate surface area is 178 Å². The fraction of sp³-hybridized carbons (Fsp3) is 0.476. The lowest BCUT2D eigenvalue weighted by Crippen LogP contribution is -2.61. The van der Waals surface area contributed by atoms with Crippen molar-refractivity contribution in [2.24, 2.45) is 7.05 Å². The van der Waals surface area contributed by atoms with Crippen LogP contribution >= 0.6 is 0 Å². The number of aromatic nitrogens is 5. The topological polar surface area (TPSA) is 109 Å². The highest BCUT2D eigenvalue weighted by molar-refractivity contribution is 5.85. The molecular weight excluding hydrogens is 401 g/mol.